The molecular weight excluding hydrogens is 701 g/mol. The molecule has 4 heterocycles. The smallest absolute Gasteiger partial charge is 0.163 e. The third-order valence-corrected chi connectivity index (χ3v) is 11.3. The van der Waals surface area contributed by atoms with Crippen LogP contribution in [0.25, 0.3) is 82.5 Å². The van der Waals surface area contributed by atoms with Gasteiger partial charge in [0.05, 0.1) is 27.7 Å². The fourth-order valence-corrected chi connectivity index (χ4v) is 8.63. The number of amidine groups is 2. The minimum absolute atomic E-state index is 0.396. The summed E-state index contributed by atoms with van der Waals surface area (Å²) in [6.07, 6.45) is -0.396. The SMILES string of the molecule is c1ccc(-c2ccc3c(c2)c2ccccc2n3-c2cc(C3=NC(c4cccc5c4oc4ccccc45)=NC(c4ccccc4)N3)cc3oc4ccccc4c23)cc1. The first kappa shape index (κ1) is 31.6. The Bertz CT molecular complexity index is 3440. The highest BCUT2D eigenvalue weighted by Gasteiger charge is 2.26. The van der Waals surface area contributed by atoms with E-state index in [2.05, 4.69) is 137 Å². The van der Waals surface area contributed by atoms with E-state index < -0.39 is 6.17 Å². The van der Waals surface area contributed by atoms with E-state index in [-0.39, 0.29) is 0 Å². The first-order valence-electron chi connectivity index (χ1n) is 19.2. The average molecular weight is 733 g/mol. The largest absolute Gasteiger partial charge is 0.456 e. The summed E-state index contributed by atoms with van der Waals surface area (Å²) in [6.45, 7) is 0. The van der Waals surface area contributed by atoms with Gasteiger partial charge in [0, 0.05) is 32.5 Å². The molecule has 57 heavy (non-hydrogen) atoms. The number of aliphatic imine (C=N–C) groups is 2. The monoisotopic (exact) mass is 732 g/mol. The molecular formula is C51H32N4O2. The lowest BCUT2D eigenvalue weighted by Gasteiger charge is -2.24. The fourth-order valence-electron chi connectivity index (χ4n) is 8.63. The summed E-state index contributed by atoms with van der Waals surface area (Å²) in [4.78, 5) is 10.5. The van der Waals surface area contributed by atoms with Crippen molar-refractivity contribution < 1.29 is 8.83 Å². The Balaban J connectivity index is 1.12. The highest BCUT2D eigenvalue weighted by Crippen LogP contribution is 2.41. The zero-order valence-electron chi connectivity index (χ0n) is 30.6. The van der Waals surface area contributed by atoms with E-state index in [4.69, 9.17) is 18.8 Å². The molecule has 0 radical (unpaired) electrons. The van der Waals surface area contributed by atoms with Gasteiger partial charge in [0.25, 0.3) is 0 Å². The Morgan fingerprint density at radius 2 is 1.16 bits per heavy atom. The number of furan rings is 2. The van der Waals surface area contributed by atoms with Gasteiger partial charge < -0.3 is 18.7 Å². The molecule has 6 heteroatoms. The topological polar surface area (TPSA) is 68.0 Å². The van der Waals surface area contributed by atoms with Crippen LogP contribution in [0, 0.1) is 0 Å². The normalized spacial score (nSPS) is 14.5. The van der Waals surface area contributed by atoms with Crippen LogP contribution in [0.1, 0.15) is 22.9 Å². The zero-order valence-corrected chi connectivity index (χ0v) is 30.6. The van der Waals surface area contributed by atoms with Crippen molar-refractivity contribution in [3.05, 3.63) is 199 Å². The van der Waals surface area contributed by atoms with Crippen molar-refractivity contribution in [2.75, 3.05) is 0 Å². The highest BCUT2D eigenvalue weighted by molar-refractivity contribution is 6.21. The summed E-state index contributed by atoms with van der Waals surface area (Å²) >= 11 is 0. The van der Waals surface area contributed by atoms with Gasteiger partial charge in [-0.1, -0.05) is 133 Å². The minimum Gasteiger partial charge on any atom is -0.456 e. The molecule has 3 aromatic heterocycles. The molecule has 1 atom stereocenters. The Kier molecular flexibility index (Phi) is 6.89. The van der Waals surface area contributed by atoms with Crippen molar-refractivity contribution in [2.24, 2.45) is 9.98 Å². The van der Waals surface area contributed by atoms with Crippen LogP contribution >= 0.6 is 0 Å². The van der Waals surface area contributed by atoms with Gasteiger partial charge in [0.15, 0.2) is 5.84 Å². The number of hydrogen-bond donors (Lipinski definition) is 1. The summed E-state index contributed by atoms with van der Waals surface area (Å²) in [6, 6.07) is 63.3. The maximum atomic E-state index is 6.70. The van der Waals surface area contributed by atoms with E-state index in [1.165, 1.54) is 21.9 Å². The molecule has 0 saturated carbocycles. The third-order valence-electron chi connectivity index (χ3n) is 11.3. The first-order chi connectivity index (χ1) is 28.2. The molecule has 8 aromatic carbocycles. The Morgan fingerprint density at radius 3 is 2.00 bits per heavy atom. The van der Waals surface area contributed by atoms with Crippen LogP contribution in [0.4, 0.5) is 0 Å². The van der Waals surface area contributed by atoms with Crippen LogP contribution in [0.15, 0.2) is 201 Å². The van der Waals surface area contributed by atoms with Gasteiger partial charge >= 0.3 is 0 Å². The molecule has 6 nitrogen and oxygen atoms in total. The van der Waals surface area contributed by atoms with Crippen LogP contribution in [-0.2, 0) is 0 Å². The predicted molar refractivity (Wildman–Crippen MR) is 233 cm³/mol. The summed E-state index contributed by atoms with van der Waals surface area (Å²) in [7, 11) is 0. The molecule has 11 aromatic rings. The standard InChI is InChI=1S/C51H32N4O2/c1-3-14-31(15-4-1)33-26-27-42-40(28-33)35-18-7-10-23-41(35)55(42)43-29-34(30-46-47(43)38-20-9-12-25-45(38)56-46)50-52-49(32-16-5-2-6-17-32)53-51(54-50)39-22-13-21-37-36-19-8-11-24-44(36)57-48(37)39/h1-30,49H,(H,52,53,54). The first-order valence-corrected chi connectivity index (χ1v) is 19.2. The van der Waals surface area contributed by atoms with Crippen LogP contribution in [-0.4, -0.2) is 16.2 Å². The molecule has 1 aliphatic heterocycles. The Morgan fingerprint density at radius 1 is 0.474 bits per heavy atom. The molecule has 0 spiro atoms. The number of benzene rings is 8. The van der Waals surface area contributed by atoms with Gasteiger partial charge in [-0.3, -0.25) is 0 Å². The second-order valence-corrected chi connectivity index (χ2v) is 14.6. The summed E-state index contributed by atoms with van der Waals surface area (Å²) in [5, 5.41) is 10.3. The van der Waals surface area contributed by atoms with Crippen LogP contribution in [0.3, 0.4) is 0 Å². The fraction of sp³-hybridized carbons (Fsp3) is 0.0196. The molecule has 268 valence electrons. The summed E-state index contributed by atoms with van der Waals surface area (Å²) in [5.41, 5.74) is 11.6. The quantitative estimate of drug-likeness (QED) is 0.192. The molecule has 12 rings (SSSR count). The summed E-state index contributed by atoms with van der Waals surface area (Å²) in [5.74, 6) is 1.29. The van der Waals surface area contributed by atoms with Crippen molar-refractivity contribution >= 4 is 77.4 Å². The van der Waals surface area contributed by atoms with Gasteiger partial charge in [-0.2, -0.15) is 0 Å². The van der Waals surface area contributed by atoms with E-state index in [1.54, 1.807) is 0 Å². The molecule has 0 amide bonds. The van der Waals surface area contributed by atoms with Gasteiger partial charge in [0.2, 0.25) is 0 Å². The molecule has 0 aliphatic carbocycles. The predicted octanol–water partition coefficient (Wildman–Crippen LogP) is 12.7. The van der Waals surface area contributed by atoms with E-state index in [0.717, 1.165) is 77.3 Å². The van der Waals surface area contributed by atoms with E-state index in [9.17, 15) is 0 Å². The molecule has 1 N–H and O–H groups in total. The number of para-hydroxylation sites is 4. The molecule has 0 saturated heterocycles. The molecule has 0 fully saturated rings. The number of nitrogens with zero attached hydrogens (tertiary/aromatic N) is 3. The van der Waals surface area contributed by atoms with Gasteiger partial charge in [0.1, 0.15) is 34.3 Å². The second-order valence-electron chi connectivity index (χ2n) is 14.6. The van der Waals surface area contributed by atoms with Crippen molar-refractivity contribution in [3.8, 4) is 16.8 Å². The lowest BCUT2D eigenvalue weighted by molar-refractivity contribution is 0.662. The number of nitrogens with one attached hydrogen (secondary N) is 1. The van der Waals surface area contributed by atoms with Gasteiger partial charge in [-0.15, -0.1) is 0 Å². The summed E-state index contributed by atoms with van der Waals surface area (Å²) < 4.78 is 15.6. The van der Waals surface area contributed by atoms with Crippen LogP contribution in [0.5, 0.6) is 0 Å². The molecule has 1 unspecified atom stereocenters. The number of hydrogen-bond acceptors (Lipinski definition) is 5. The number of fused-ring (bicyclic) bond motifs is 9. The van der Waals surface area contributed by atoms with Crippen molar-refractivity contribution in [2.45, 2.75) is 6.17 Å². The van der Waals surface area contributed by atoms with Gasteiger partial charge in [-0.25, -0.2) is 9.98 Å². The van der Waals surface area contributed by atoms with Crippen molar-refractivity contribution in [1.82, 2.24) is 9.88 Å². The van der Waals surface area contributed by atoms with Crippen molar-refractivity contribution in [3.63, 3.8) is 0 Å². The second kappa shape index (κ2) is 12.4. The van der Waals surface area contributed by atoms with Crippen LogP contribution < -0.4 is 5.32 Å². The number of aromatic nitrogens is 1. The maximum Gasteiger partial charge on any atom is 0.163 e. The van der Waals surface area contributed by atoms with Crippen LogP contribution in [0.2, 0.25) is 0 Å². The van der Waals surface area contributed by atoms with E-state index in [1.807, 2.05) is 54.6 Å². The minimum atomic E-state index is -0.396. The average Bonchev–Trinajstić information content (AvgIpc) is 3.96. The Hall–Kier alpha value is -7.70. The zero-order chi connectivity index (χ0) is 37.5. The third kappa shape index (κ3) is 4.97. The molecule has 0 bridgehead atoms. The number of rotatable bonds is 5. The lowest BCUT2D eigenvalue weighted by Crippen LogP contribution is -2.33. The van der Waals surface area contributed by atoms with Gasteiger partial charge in [-0.05, 0) is 65.2 Å². The van der Waals surface area contributed by atoms with E-state index in [0.29, 0.717) is 11.7 Å². The lowest BCUT2D eigenvalue weighted by atomic mass is 10.0. The molecule has 1 aliphatic rings. The highest BCUT2D eigenvalue weighted by atomic mass is 16.3. The van der Waals surface area contributed by atoms with Crippen molar-refractivity contribution in [1.29, 1.82) is 0 Å². The maximum absolute atomic E-state index is 6.70. The van der Waals surface area contributed by atoms with E-state index >= 15 is 0 Å². The Labute approximate surface area is 326 Å².